The summed E-state index contributed by atoms with van der Waals surface area (Å²) in [5, 5.41) is 0. The summed E-state index contributed by atoms with van der Waals surface area (Å²) in [6.45, 7) is 4.71. The van der Waals surface area contributed by atoms with Crippen molar-refractivity contribution in [3.63, 3.8) is 0 Å². The summed E-state index contributed by atoms with van der Waals surface area (Å²) in [5.74, 6) is -1.76. The van der Waals surface area contributed by atoms with Crippen molar-refractivity contribution < 1.29 is 23.0 Å². The van der Waals surface area contributed by atoms with Gasteiger partial charge in [-0.2, -0.15) is 8.78 Å². The fourth-order valence-electron chi connectivity index (χ4n) is 3.42. The summed E-state index contributed by atoms with van der Waals surface area (Å²) >= 11 is 0. The van der Waals surface area contributed by atoms with Crippen LogP contribution >= 0.6 is 0 Å². The van der Waals surface area contributed by atoms with Crippen LogP contribution in [0, 0.1) is 17.6 Å². The van der Waals surface area contributed by atoms with Gasteiger partial charge in [-0.1, -0.05) is 30.3 Å². The molecule has 2 unspecified atom stereocenters. The lowest BCUT2D eigenvalue weighted by Gasteiger charge is -2.29. The quantitative estimate of drug-likeness (QED) is 0.520. The highest BCUT2D eigenvalue weighted by Gasteiger charge is 2.22. The van der Waals surface area contributed by atoms with Gasteiger partial charge in [0.2, 0.25) is 11.6 Å². The van der Waals surface area contributed by atoms with Gasteiger partial charge in [-0.15, -0.1) is 6.58 Å². The molecule has 0 amide bonds. The Kier molecular flexibility index (Phi) is 7.04. The van der Waals surface area contributed by atoms with Crippen molar-refractivity contribution in [1.29, 1.82) is 0 Å². The first-order valence-electron chi connectivity index (χ1n) is 9.58. The molecule has 1 heterocycles. The summed E-state index contributed by atoms with van der Waals surface area (Å²) in [6, 6.07) is 10.6. The third-order valence-corrected chi connectivity index (χ3v) is 5.13. The van der Waals surface area contributed by atoms with E-state index in [2.05, 4.69) is 6.58 Å². The maximum absolute atomic E-state index is 14.0. The van der Waals surface area contributed by atoms with Gasteiger partial charge in [0.1, 0.15) is 6.61 Å². The maximum Gasteiger partial charge on any atom is 0.204 e. The minimum Gasteiger partial charge on any atom is -0.494 e. The minimum absolute atomic E-state index is 0.114. The summed E-state index contributed by atoms with van der Waals surface area (Å²) in [4.78, 5) is 0. The number of ether oxygens (including phenoxy) is 3. The van der Waals surface area contributed by atoms with E-state index in [4.69, 9.17) is 14.2 Å². The number of allylic oxidation sites excluding steroid dienone is 1. The van der Waals surface area contributed by atoms with Crippen LogP contribution in [0.1, 0.15) is 42.9 Å². The number of rotatable bonds is 8. The topological polar surface area (TPSA) is 27.7 Å². The molecule has 2 aromatic carbocycles. The second-order valence-electron chi connectivity index (χ2n) is 7.06. The van der Waals surface area contributed by atoms with Crippen LogP contribution in [0.5, 0.6) is 11.5 Å². The largest absolute Gasteiger partial charge is 0.494 e. The van der Waals surface area contributed by atoms with Crippen LogP contribution in [0.2, 0.25) is 0 Å². The van der Waals surface area contributed by atoms with Gasteiger partial charge in [0, 0.05) is 0 Å². The van der Waals surface area contributed by atoms with Gasteiger partial charge in [0.05, 0.1) is 19.8 Å². The molecule has 0 N–H and O–H groups in total. The molecule has 0 bridgehead atoms. The van der Waals surface area contributed by atoms with Crippen molar-refractivity contribution in [2.24, 2.45) is 5.92 Å². The molecule has 3 nitrogen and oxygen atoms in total. The summed E-state index contributed by atoms with van der Waals surface area (Å²) in [7, 11) is 1.29. The first-order valence-corrected chi connectivity index (χ1v) is 9.58. The molecule has 1 aliphatic rings. The fraction of sp³-hybridized carbons (Fsp3) is 0.391. The van der Waals surface area contributed by atoms with Crippen LogP contribution < -0.4 is 9.47 Å². The zero-order valence-corrected chi connectivity index (χ0v) is 16.1. The van der Waals surface area contributed by atoms with Gasteiger partial charge in [-0.05, 0) is 54.9 Å². The third kappa shape index (κ3) is 4.90. The second kappa shape index (κ2) is 9.69. The molecule has 2 atom stereocenters. The van der Waals surface area contributed by atoms with Crippen molar-refractivity contribution in [1.82, 2.24) is 0 Å². The molecule has 1 aliphatic heterocycles. The van der Waals surface area contributed by atoms with Crippen LogP contribution in [0.15, 0.2) is 49.1 Å². The number of methoxy groups -OCH3 is 1. The van der Waals surface area contributed by atoms with E-state index < -0.39 is 11.6 Å². The molecule has 0 radical (unpaired) electrons. The number of benzene rings is 2. The Hall–Kier alpha value is -2.40. The van der Waals surface area contributed by atoms with E-state index >= 15 is 0 Å². The predicted octanol–water partition coefficient (Wildman–Crippen LogP) is 5.99. The van der Waals surface area contributed by atoms with Crippen molar-refractivity contribution in [2.75, 3.05) is 13.7 Å². The van der Waals surface area contributed by atoms with E-state index in [9.17, 15) is 8.78 Å². The van der Waals surface area contributed by atoms with Crippen molar-refractivity contribution in [3.8, 4) is 11.5 Å². The third-order valence-electron chi connectivity index (χ3n) is 5.13. The Bertz CT molecular complexity index is 781. The molecule has 150 valence electrons. The summed E-state index contributed by atoms with van der Waals surface area (Å²) < 4.78 is 43.9. The molecular formula is C23H26F2O3. The second-order valence-corrected chi connectivity index (χ2v) is 7.06. The Morgan fingerprint density at radius 2 is 1.79 bits per heavy atom. The Morgan fingerprint density at radius 3 is 2.43 bits per heavy atom. The average molecular weight is 388 g/mol. The molecular weight excluding hydrogens is 362 g/mol. The minimum atomic E-state index is -1.05. The monoisotopic (exact) mass is 388 g/mol. The number of halogens is 2. The van der Waals surface area contributed by atoms with E-state index in [1.807, 2.05) is 30.3 Å². The Balaban J connectivity index is 1.54. The molecule has 1 fully saturated rings. The Labute approximate surface area is 164 Å². The van der Waals surface area contributed by atoms with Crippen molar-refractivity contribution in [3.05, 3.63) is 71.8 Å². The highest BCUT2D eigenvalue weighted by molar-refractivity contribution is 5.35. The molecule has 0 spiro atoms. The molecule has 1 saturated heterocycles. The molecule has 0 saturated carbocycles. The standard InChI is InChI=1S/C23H26F2O3/c1-3-4-5-16-8-11-19(27-14-16)18-9-6-17(7-10-18)15-28-21-13-12-20(26-2)22(24)23(21)25/h3,6-7,9-10,12-13,16,19H,1,4-5,8,11,14-15H2,2H3. The molecule has 2 aromatic rings. The molecule has 0 aliphatic carbocycles. The Morgan fingerprint density at radius 1 is 1.07 bits per heavy atom. The zero-order valence-electron chi connectivity index (χ0n) is 16.1. The van der Waals surface area contributed by atoms with E-state index in [0.29, 0.717) is 5.92 Å². The van der Waals surface area contributed by atoms with Gasteiger partial charge in [-0.25, -0.2) is 0 Å². The SMILES string of the molecule is C=CCCC1CCC(c2ccc(COc3ccc(OC)c(F)c3F)cc2)OC1. The first kappa shape index (κ1) is 20.3. The maximum atomic E-state index is 14.0. The lowest BCUT2D eigenvalue weighted by molar-refractivity contribution is -0.0190. The van der Waals surface area contributed by atoms with E-state index in [1.165, 1.54) is 19.2 Å². The summed E-state index contributed by atoms with van der Waals surface area (Å²) in [6.07, 6.45) is 6.41. The van der Waals surface area contributed by atoms with Gasteiger partial charge < -0.3 is 14.2 Å². The highest BCUT2D eigenvalue weighted by atomic mass is 19.2. The van der Waals surface area contributed by atoms with Crippen LogP contribution in [0.4, 0.5) is 8.78 Å². The molecule has 3 rings (SSSR count). The average Bonchev–Trinajstić information content (AvgIpc) is 2.74. The predicted molar refractivity (Wildman–Crippen MR) is 105 cm³/mol. The molecule has 28 heavy (non-hydrogen) atoms. The van der Waals surface area contributed by atoms with Gasteiger partial charge >= 0.3 is 0 Å². The summed E-state index contributed by atoms with van der Waals surface area (Å²) in [5.41, 5.74) is 2.01. The van der Waals surface area contributed by atoms with Crippen molar-refractivity contribution >= 4 is 0 Å². The zero-order chi connectivity index (χ0) is 19.9. The fourth-order valence-corrected chi connectivity index (χ4v) is 3.42. The lowest BCUT2D eigenvalue weighted by atomic mass is 9.91. The highest BCUT2D eigenvalue weighted by Crippen LogP contribution is 2.33. The van der Waals surface area contributed by atoms with Gasteiger partial charge in [0.25, 0.3) is 0 Å². The smallest absolute Gasteiger partial charge is 0.204 e. The van der Waals surface area contributed by atoms with Crippen LogP contribution in [0.25, 0.3) is 0 Å². The lowest BCUT2D eigenvalue weighted by Crippen LogP contribution is -2.20. The van der Waals surface area contributed by atoms with Crippen LogP contribution in [-0.4, -0.2) is 13.7 Å². The molecule has 5 heteroatoms. The van der Waals surface area contributed by atoms with Crippen molar-refractivity contribution in [2.45, 2.75) is 38.4 Å². The van der Waals surface area contributed by atoms with Gasteiger partial charge in [-0.3, -0.25) is 0 Å². The van der Waals surface area contributed by atoms with Gasteiger partial charge in [0.15, 0.2) is 11.5 Å². The normalized spacial score (nSPS) is 19.2. The first-order chi connectivity index (χ1) is 13.6. The van der Waals surface area contributed by atoms with E-state index in [0.717, 1.165) is 43.4 Å². The van der Waals surface area contributed by atoms with Crippen LogP contribution in [0.3, 0.4) is 0 Å². The van der Waals surface area contributed by atoms with E-state index in [-0.39, 0.29) is 24.2 Å². The molecule has 0 aromatic heterocycles. The van der Waals surface area contributed by atoms with Crippen LogP contribution in [-0.2, 0) is 11.3 Å². The number of hydrogen-bond donors (Lipinski definition) is 0. The van der Waals surface area contributed by atoms with E-state index in [1.54, 1.807) is 0 Å². The number of hydrogen-bond acceptors (Lipinski definition) is 3.